The van der Waals surface area contributed by atoms with Crippen LogP contribution >= 0.6 is 0 Å². The molecule has 0 spiro atoms. The van der Waals surface area contributed by atoms with Gasteiger partial charge in [-0.2, -0.15) is 0 Å². The summed E-state index contributed by atoms with van der Waals surface area (Å²) in [5.41, 5.74) is 0. The number of carbonyl (C=O) groups is 1. The second-order valence-corrected chi connectivity index (χ2v) is 5.57. The second-order valence-electron chi connectivity index (χ2n) is 5.57. The fraction of sp³-hybridized carbons (Fsp3) is 0.929. The molecular weight excluding hydrogens is 228 g/mol. The van der Waals surface area contributed by atoms with Crippen molar-refractivity contribution in [3.8, 4) is 0 Å². The summed E-state index contributed by atoms with van der Waals surface area (Å²) in [5.74, 6) is 1.47. The zero-order valence-electron chi connectivity index (χ0n) is 11.8. The summed E-state index contributed by atoms with van der Waals surface area (Å²) in [6, 6.07) is 0. The molecule has 0 bridgehead atoms. The third kappa shape index (κ3) is 7.67. The number of rotatable bonds is 9. The lowest BCUT2D eigenvalue weighted by Gasteiger charge is -2.09. The van der Waals surface area contributed by atoms with Crippen molar-refractivity contribution in [1.82, 2.24) is 10.6 Å². The highest BCUT2D eigenvalue weighted by molar-refractivity contribution is 5.75. The summed E-state index contributed by atoms with van der Waals surface area (Å²) < 4.78 is 5.46. The first-order chi connectivity index (χ1) is 8.68. The lowest BCUT2D eigenvalue weighted by Crippen LogP contribution is -2.26. The molecule has 1 atom stereocenters. The Balaban J connectivity index is 1.87. The van der Waals surface area contributed by atoms with Crippen LogP contribution in [-0.2, 0) is 9.53 Å². The Morgan fingerprint density at radius 3 is 3.00 bits per heavy atom. The van der Waals surface area contributed by atoms with Crippen LogP contribution in [0.5, 0.6) is 0 Å². The number of amides is 1. The summed E-state index contributed by atoms with van der Waals surface area (Å²) in [4.78, 5) is 11.6. The van der Waals surface area contributed by atoms with Gasteiger partial charge in [0.1, 0.15) is 0 Å². The van der Waals surface area contributed by atoms with Gasteiger partial charge in [0.2, 0.25) is 5.91 Å². The van der Waals surface area contributed by atoms with Gasteiger partial charge in [-0.1, -0.05) is 13.8 Å². The van der Waals surface area contributed by atoms with Crippen LogP contribution in [-0.4, -0.2) is 38.8 Å². The fourth-order valence-corrected chi connectivity index (χ4v) is 2.11. The molecule has 0 aromatic rings. The molecule has 1 aliphatic rings. The summed E-state index contributed by atoms with van der Waals surface area (Å²) in [6.07, 6.45) is 3.81. The maximum Gasteiger partial charge on any atom is 0.220 e. The lowest BCUT2D eigenvalue weighted by molar-refractivity contribution is -0.121. The quantitative estimate of drug-likeness (QED) is 0.616. The second kappa shape index (κ2) is 9.34. The lowest BCUT2D eigenvalue weighted by atomic mass is 10.0. The van der Waals surface area contributed by atoms with Crippen molar-refractivity contribution >= 4 is 5.91 Å². The molecule has 0 radical (unpaired) electrons. The predicted octanol–water partition coefficient (Wildman–Crippen LogP) is 1.56. The largest absolute Gasteiger partial charge is 0.381 e. The van der Waals surface area contributed by atoms with Crippen molar-refractivity contribution in [1.29, 1.82) is 0 Å². The van der Waals surface area contributed by atoms with Gasteiger partial charge in [-0.15, -0.1) is 0 Å². The summed E-state index contributed by atoms with van der Waals surface area (Å²) in [6.45, 7) is 8.75. The fourth-order valence-electron chi connectivity index (χ4n) is 2.11. The Hall–Kier alpha value is -0.610. The van der Waals surface area contributed by atoms with Crippen LogP contribution in [0.3, 0.4) is 0 Å². The van der Waals surface area contributed by atoms with E-state index in [1.54, 1.807) is 0 Å². The van der Waals surface area contributed by atoms with Crippen LogP contribution in [0.2, 0.25) is 0 Å². The van der Waals surface area contributed by atoms with Gasteiger partial charge in [0.25, 0.3) is 0 Å². The first-order valence-corrected chi connectivity index (χ1v) is 7.23. The average molecular weight is 256 g/mol. The number of carbonyl (C=O) groups excluding carboxylic acids is 1. The number of hydrogen-bond donors (Lipinski definition) is 2. The Morgan fingerprint density at radius 1 is 1.50 bits per heavy atom. The van der Waals surface area contributed by atoms with E-state index in [1.807, 2.05) is 0 Å². The molecule has 4 nitrogen and oxygen atoms in total. The molecule has 1 unspecified atom stereocenters. The van der Waals surface area contributed by atoms with Crippen LogP contribution in [0.1, 0.15) is 39.5 Å². The Morgan fingerprint density at radius 2 is 2.33 bits per heavy atom. The van der Waals surface area contributed by atoms with Gasteiger partial charge >= 0.3 is 0 Å². The molecule has 106 valence electrons. The first kappa shape index (κ1) is 15.4. The number of ether oxygens (including phenoxy) is 1. The minimum absolute atomic E-state index is 0.186. The van der Waals surface area contributed by atoms with E-state index >= 15 is 0 Å². The molecule has 0 aromatic heterocycles. The summed E-state index contributed by atoms with van der Waals surface area (Å²) in [5, 5.41) is 6.28. The van der Waals surface area contributed by atoms with E-state index in [-0.39, 0.29) is 5.91 Å². The highest BCUT2D eigenvalue weighted by atomic mass is 16.5. The van der Waals surface area contributed by atoms with Crippen LogP contribution < -0.4 is 10.6 Å². The molecule has 0 aliphatic carbocycles. The molecule has 1 fully saturated rings. The van der Waals surface area contributed by atoms with E-state index in [9.17, 15) is 4.79 Å². The van der Waals surface area contributed by atoms with Crippen molar-refractivity contribution in [2.75, 3.05) is 32.8 Å². The Kier molecular flexibility index (Phi) is 8.01. The van der Waals surface area contributed by atoms with Crippen LogP contribution in [0.4, 0.5) is 0 Å². The SMILES string of the molecule is CC(C)COCCCNC(=O)CCC1CCNC1. The van der Waals surface area contributed by atoms with E-state index in [4.69, 9.17) is 4.74 Å². The van der Waals surface area contributed by atoms with Gasteiger partial charge in [0.15, 0.2) is 0 Å². The van der Waals surface area contributed by atoms with E-state index in [1.165, 1.54) is 6.42 Å². The monoisotopic (exact) mass is 256 g/mol. The first-order valence-electron chi connectivity index (χ1n) is 7.23. The molecule has 2 N–H and O–H groups in total. The smallest absolute Gasteiger partial charge is 0.220 e. The summed E-state index contributed by atoms with van der Waals surface area (Å²) >= 11 is 0. The average Bonchev–Trinajstić information content (AvgIpc) is 2.83. The van der Waals surface area contributed by atoms with E-state index in [2.05, 4.69) is 24.5 Å². The van der Waals surface area contributed by atoms with Crippen LogP contribution in [0, 0.1) is 11.8 Å². The molecule has 1 heterocycles. The van der Waals surface area contributed by atoms with Crippen LogP contribution in [0.25, 0.3) is 0 Å². The third-order valence-corrected chi connectivity index (χ3v) is 3.18. The molecular formula is C14H28N2O2. The van der Waals surface area contributed by atoms with Gasteiger partial charge in [0.05, 0.1) is 0 Å². The van der Waals surface area contributed by atoms with Crippen LogP contribution in [0.15, 0.2) is 0 Å². The molecule has 1 rings (SSSR count). The number of nitrogens with one attached hydrogen (secondary N) is 2. The van der Waals surface area contributed by atoms with Crippen molar-refractivity contribution in [3.63, 3.8) is 0 Å². The maximum atomic E-state index is 11.6. The Labute approximate surface area is 111 Å². The molecule has 1 amide bonds. The standard InChI is InChI=1S/C14H28N2O2/c1-12(2)11-18-9-3-7-16-14(17)5-4-13-6-8-15-10-13/h12-13,15H,3-11H2,1-2H3,(H,16,17). The van der Waals surface area contributed by atoms with Gasteiger partial charge in [-0.25, -0.2) is 0 Å². The summed E-state index contributed by atoms with van der Waals surface area (Å²) in [7, 11) is 0. The minimum atomic E-state index is 0.186. The molecule has 0 saturated carbocycles. The Bertz CT molecular complexity index is 226. The zero-order valence-corrected chi connectivity index (χ0v) is 11.8. The van der Waals surface area contributed by atoms with Crippen molar-refractivity contribution in [2.24, 2.45) is 11.8 Å². The van der Waals surface area contributed by atoms with E-state index < -0.39 is 0 Å². The van der Waals surface area contributed by atoms with E-state index in [0.717, 1.165) is 45.7 Å². The van der Waals surface area contributed by atoms with Crippen molar-refractivity contribution in [2.45, 2.75) is 39.5 Å². The topological polar surface area (TPSA) is 50.4 Å². The maximum absolute atomic E-state index is 11.6. The van der Waals surface area contributed by atoms with Crippen molar-refractivity contribution in [3.05, 3.63) is 0 Å². The van der Waals surface area contributed by atoms with Gasteiger partial charge < -0.3 is 15.4 Å². The molecule has 1 aliphatic heterocycles. The van der Waals surface area contributed by atoms with Gasteiger partial charge in [-0.3, -0.25) is 4.79 Å². The molecule has 18 heavy (non-hydrogen) atoms. The molecule has 1 saturated heterocycles. The third-order valence-electron chi connectivity index (χ3n) is 3.18. The number of hydrogen-bond acceptors (Lipinski definition) is 3. The highest BCUT2D eigenvalue weighted by Crippen LogP contribution is 2.13. The van der Waals surface area contributed by atoms with Gasteiger partial charge in [-0.05, 0) is 44.2 Å². The molecule has 4 heteroatoms. The molecule has 0 aromatic carbocycles. The van der Waals surface area contributed by atoms with E-state index in [0.29, 0.717) is 18.3 Å². The minimum Gasteiger partial charge on any atom is -0.381 e. The van der Waals surface area contributed by atoms with Gasteiger partial charge in [0, 0.05) is 26.2 Å². The predicted molar refractivity (Wildman–Crippen MR) is 73.5 cm³/mol. The van der Waals surface area contributed by atoms with Crippen molar-refractivity contribution < 1.29 is 9.53 Å². The zero-order chi connectivity index (χ0) is 13.2. The normalized spacial score (nSPS) is 19.4. The highest BCUT2D eigenvalue weighted by Gasteiger charge is 2.15.